The van der Waals surface area contributed by atoms with Crippen LogP contribution in [0.4, 0.5) is 0 Å². The van der Waals surface area contributed by atoms with Crippen molar-refractivity contribution >= 4 is 38.8 Å². The van der Waals surface area contributed by atoms with Gasteiger partial charge in [-0.05, 0) is 106 Å². The van der Waals surface area contributed by atoms with Crippen LogP contribution in [0, 0.1) is 0 Å². The Morgan fingerprint density at radius 1 is 0.491 bits per heavy atom. The molecular weight excluding hydrogens is 641 g/mol. The molecule has 2 aromatic heterocycles. The van der Waals surface area contributed by atoms with E-state index in [2.05, 4.69) is 199 Å². The van der Waals surface area contributed by atoms with Gasteiger partial charge in [-0.3, -0.25) is 0 Å². The zero-order chi connectivity index (χ0) is 35.3. The van der Waals surface area contributed by atoms with E-state index in [-0.39, 0.29) is 5.41 Å². The van der Waals surface area contributed by atoms with E-state index in [1.54, 1.807) is 0 Å². The Labute approximate surface area is 309 Å². The largest absolute Gasteiger partial charge is 0.310 e. The Kier molecular flexibility index (Phi) is 6.46. The fourth-order valence-electron chi connectivity index (χ4n) is 9.47. The second-order valence-corrected chi connectivity index (χ2v) is 15.3. The summed E-state index contributed by atoms with van der Waals surface area (Å²) in [5.41, 5.74) is 18.0. The highest BCUT2D eigenvalue weighted by molar-refractivity contribution is 6.10. The fraction of sp³-hybridized carbons (Fsp3) is 0.0980. The molecule has 2 nitrogen and oxygen atoms in total. The summed E-state index contributed by atoms with van der Waals surface area (Å²) in [7, 11) is 0. The van der Waals surface area contributed by atoms with Crippen molar-refractivity contribution in [1.82, 2.24) is 9.13 Å². The number of hydrogen-bond acceptors (Lipinski definition) is 0. The van der Waals surface area contributed by atoms with E-state index in [1.165, 1.54) is 94.3 Å². The number of rotatable bonds is 4. The zero-order valence-electron chi connectivity index (χ0n) is 29.9. The number of para-hydroxylation sites is 2. The minimum atomic E-state index is -0.173. The van der Waals surface area contributed by atoms with Crippen LogP contribution in [0.15, 0.2) is 170 Å². The maximum Gasteiger partial charge on any atom is 0.0541 e. The van der Waals surface area contributed by atoms with Gasteiger partial charge >= 0.3 is 0 Å². The van der Waals surface area contributed by atoms with Crippen molar-refractivity contribution in [3.63, 3.8) is 0 Å². The lowest BCUT2D eigenvalue weighted by molar-refractivity contribution is 0.659. The van der Waals surface area contributed by atoms with Gasteiger partial charge in [0.05, 0.1) is 16.6 Å². The smallest absolute Gasteiger partial charge is 0.0541 e. The second-order valence-electron chi connectivity index (χ2n) is 15.3. The van der Waals surface area contributed by atoms with Crippen molar-refractivity contribution in [3.8, 4) is 33.6 Å². The molecule has 2 heteroatoms. The second kappa shape index (κ2) is 11.3. The van der Waals surface area contributed by atoms with E-state index in [0.717, 1.165) is 6.42 Å². The topological polar surface area (TPSA) is 9.86 Å². The van der Waals surface area contributed by atoms with Crippen LogP contribution in [-0.4, -0.2) is 9.13 Å². The Bertz CT molecular complexity index is 2940. The van der Waals surface area contributed by atoms with Gasteiger partial charge in [0.2, 0.25) is 0 Å². The quantitative estimate of drug-likeness (QED) is 0.175. The number of allylic oxidation sites excluding steroid dienone is 1. The van der Waals surface area contributed by atoms with Crippen LogP contribution in [0.1, 0.15) is 47.7 Å². The normalized spacial score (nSPS) is 15.5. The summed E-state index contributed by atoms with van der Waals surface area (Å²) < 4.78 is 4.95. The van der Waals surface area contributed by atoms with Crippen LogP contribution in [0.2, 0.25) is 0 Å². The number of nitrogens with zero attached hydrogens (tertiary/aromatic N) is 2. The standard InChI is InChI=1S/C51H38N2/c1-51(2)45-31-37(52-47-19-11-9-17-41(47)43-29-35(21-27-49(43)52)33-13-5-3-6-14-33)23-25-39(45)40-26-24-38(32-46(40)51)53-48-20-12-10-18-42(48)44-30-36(22-28-50(44)53)34-15-7-4-8-16-34/h3-29,31-32,36H,30H2,1-2H3. The Morgan fingerprint density at radius 2 is 1.08 bits per heavy atom. The number of benzene rings is 7. The molecule has 0 amide bonds. The van der Waals surface area contributed by atoms with Crippen LogP contribution in [0.5, 0.6) is 0 Å². The molecule has 0 saturated carbocycles. The number of aromatic nitrogens is 2. The average molecular weight is 679 g/mol. The van der Waals surface area contributed by atoms with Gasteiger partial charge in [-0.2, -0.15) is 0 Å². The first-order chi connectivity index (χ1) is 26.0. The first kappa shape index (κ1) is 30.3. The average Bonchev–Trinajstić information content (AvgIpc) is 3.80. The molecule has 1 unspecified atom stereocenters. The first-order valence-electron chi connectivity index (χ1n) is 18.8. The van der Waals surface area contributed by atoms with Crippen molar-refractivity contribution in [2.24, 2.45) is 0 Å². The highest BCUT2D eigenvalue weighted by atomic mass is 15.0. The van der Waals surface area contributed by atoms with Gasteiger partial charge in [-0.25, -0.2) is 0 Å². The minimum Gasteiger partial charge on any atom is -0.310 e. The Balaban J connectivity index is 1.02. The van der Waals surface area contributed by atoms with Crippen molar-refractivity contribution < 1.29 is 0 Å². The van der Waals surface area contributed by atoms with Crippen molar-refractivity contribution in [3.05, 3.63) is 198 Å². The van der Waals surface area contributed by atoms with E-state index in [0.29, 0.717) is 5.92 Å². The highest BCUT2D eigenvalue weighted by Crippen LogP contribution is 2.51. The van der Waals surface area contributed by atoms with E-state index in [9.17, 15) is 0 Å². The first-order valence-corrected chi connectivity index (χ1v) is 18.8. The lowest BCUT2D eigenvalue weighted by Crippen LogP contribution is -2.16. The third kappa shape index (κ3) is 4.45. The molecule has 0 bridgehead atoms. The van der Waals surface area contributed by atoms with Crippen molar-refractivity contribution in [2.75, 3.05) is 0 Å². The SMILES string of the molecule is CC1(C)c2cc(-n3c4c(c5ccccc53)CC(c3ccccc3)C=C4)ccc2-c2ccc(-n3c4ccccc4c4cc(-c5ccccc5)ccc43)cc21. The van der Waals surface area contributed by atoms with E-state index in [4.69, 9.17) is 0 Å². The molecule has 252 valence electrons. The third-order valence-corrected chi connectivity index (χ3v) is 12.1. The number of fused-ring (bicyclic) bond motifs is 9. The Morgan fingerprint density at radius 3 is 1.79 bits per heavy atom. The van der Waals surface area contributed by atoms with Crippen LogP contribution < -0.4 is 0 Å². The predicted octanol–water partition coefficient (Wildman–Crippen LogP) is 13.1. The summed E-state index contributed by atoms with van der Waals surface area (Å²) in [6.45, 7) is 4.80. The highest BCUT2D eigenvalue weighted by Gasteiger charge is 2.36. The molecule has 0 N–H and O–H groups in total. The van der Waals surface area contributed by atoms with E-state index in [1.807, 2.05) is 0 Å². The molecule has 2 aliphatic rings. The van der Waals surface area contributed by atoms with E-state index < -0.39 is 0 Å². The van der Waals surface area contributed by atoms with Gasteiger partial charge in [0, 0.05) is 44.6 Å². The lowest BCUT2D eigenvalue weighted by atomic mass is 9.82. The summed E-state index contributed by atoms with van der Waals surface area (Å²) in [4.78, 5) is 0. The molecule has 2 aliphatic carbocycles. The molecule has 9 aromatic rings. The molecule has 0 saturated heterocycles. The van der Waals surface area contributed by atoms with Crippen molar-refractivity contribution in [2.45, 2.75) is 31.6 Å². The monoisotopic (exact) mass is 678 g/mol. The molecule has 0 aliphatic heterocycles. The summed E-state index contributed by atoms with van der Waals surface area (Å²) in [6, 6.07) is 60.6. The Hall–Kier alpha value is -6.38. The maximum absolute atomic E-state index is 2.49. The van der Waals surface area contributed by atoms with Crippen LogP contribution in [0.25, 0.3) is 72.4 Å². The van der Waals surface area contributed by atoms with Gasteiger partial charge in [0.1, 0.15) is 0 Å². The molecule has 2 heterocycles. The molecule has 0 spiro atoms. The molecule has 0 radical (unpaired) electrons. The summed E-state index contributed by atoms with van der Waals surface area (Å²) >= 11 is 0. The molecule has 53 heavy (non-hydrogen) atoms. The van der Waals surface area contributed by atoms with Gasteiger partial charge in [-0.1, -0.05) is 135 Å². The molecular formula is C51H38N2. The van der Waals surface area contributed by atoms with Gasteiger partial charge in [-0.15, -0.1) is 0 Å². The fourth-order valence-corrected chi connectivity index (χ4v) is 9.47. The zero-order valence-corrected chi connectivity index (χ0v) is 29.9. The molecule has 0 fully saturated rings. The number of hydrogen-bond donors (Lipinski definition) is 0. The van der Waals surface area contributed by atoms with Gasteiger partial charge in [0.15, 0.2) is 0 Å². The summed E-state index contributed by atoms with van der Waals surface area (Å²) in [5.74, 6) is 0.381. The van der Waals surface area contributed by atoms with Crippen LogP contribution >= 0.6 is 0 Å². The lowest BCUT2D eigenvalue weighted by Gasteiger charge is -2.23. The summed E-state index contributed by atoms with van der Waals surface area (Å²) in [6.07, 6.45) is 5.77. The van der Waals surface area contributed by atoms with Gasteiger partial charge < -0.3 is 9.13 Å². The maximum atomic E-state index is 2.49. The minimum absolute atomic E-state index is 0.173. The molecule has 7 aromatic carbocycles. The summed E-state index contributed by atoms with van der Waals surface area (Å²) in [5, 5.41) is 3.91. The molecule has 11 rings (SSSR count). The molecule has 1 atom stereocenters. The van der Waals surface area contributed by atoms with Gasteiger partial charge in [0.25, 0.3) is 0 Å². The van der Waals surface area contributed by atoms with Crippen molar-refractivity contribution in [1.29, 1.82) is 0 Å². The van der Waals surface area contributed by atoms with E-state index >= 15 is 0 Å². The van der Waals surface area contributed by atoms with Crippen LogP contribution in [0.3, 0.4) is 0 Å². The predicted molar refractivity (Wildman–Crippen MR) is 223 cm³/mol. The third-order valence-electron chi connectivity index (χ3n) is 12.1. The van der Waals surface area contributed by atoms with Crippen LogP contribution in [-0.2, 0) is 11.8 Å².